The molecule has 0 heterocycles. The topological polar surface area (TPSA) is 92.7 Å². The van der Waals surface area contributed by atoms with Gasteiger partial charge in [0.25, 0.3) is 5.91 Å². The SMILES string of the molecule is CC(C)(NC(=O)c1ccc(COc2ccc(C=O)cc2)cc1)C(=O)O. The molecule has 2 aromatic carbocycles. The van der Waals surface area contributed by atoms with Crippen molar-refractivity contribution in [2.75, 3.05) is 0 Å². The van der Waals surface area contributed by atoms with Gasteiger partial charge in [0, 0.05) is 11.1 Å². The van der Waals surface area contributed by atoms with Crippen LogP contribution in [0.15, 0.2) is 48.5 Å². The van der Waals surface area contributed by atoms with E-state index in [1.54, 1.807) is 48.5 Å². The van der Waals surface area contributed by atoms with Gasteiger partial charge < -0.3 is 15.2 Å². The van der Waals surface area contributed by atoms with E-state index in [0.29, 0.717) is 23.5 Å². The van der Waals surface area contributed by atoms with E-state index in [2.05, 4.69) is 5.32 Å². The molecule has 0 radical (unpaired) electrons. The van der Waals surface area contributed by atoms with Crippen molar-refractivity contribution in [3.05, 3.63) is 65.2 Å². The Balaban J connectivity index is 1.96. The molecule has 0 saturated carbocycles. The molecular formula is C19H19NO5. The van der Waals surface area contributed by atoms with Crippen molar-refractivity contribution in [1.29, 1.82) is 0 Å². The molecule has 0 aromatic heterocycles. The van der Waals surface area contributed by atoms with Crippen LogP contribution in [-0.4, -0.2) is 28.8 Å². The van der Waals surface area contributed by atoms with Gasteiger partial charge in [-0.25, -0.2) is 4.79 Å². The first-order valence-electron chi connectivity index (χ1n) is 7.65. The first-order valence-corrected chi connectivity index (χ1v) is 7.65. The quantitative estimate of drug-likeness (QED) is 0.755. The fraction of sp³-hybridized carbons (Fsp3) is 0.211. The zero-order chi connectivity index (χ0) is 18.4. The molecule has 6 nitrogen and oxygen atoms in total. The van der Waals surface area contributed by atoms with Gasteiger partial charge in [-0.15, -0.1) is 0 Å². The predicted octanol–water partition coefficient (Wildman–Crippen LogP) is 2.67. The average Bonchev–Trinajstić information content (AvgIpc) is 2.60. The van der Waals surface area contributed by atoms with Gasteiger partial charge in [0.2, 0.25) is 0 Å². The van der Waals surface area contributed by atoms with Crippen molar-refractivity contribution in [1.82, 2.24) is 5.32 Å². The molecule has 0 bridgehead atoms. The van der Waals surface area contributed by atoms with Gasteiger partial charge in [-0.2, -0.15) is 0 Å². The second-order valence-electron chi connectivity index (χ2n) is 6.06. The lowest BCUT2D eigenvalue weighted by atomic mass is 10.0. The maximum absolute atomic E-state index is 12.1. The molecule has 0 spiro atoms. The largest absolute Gasteiger partial charge is 0.489 e. The molecule has 0 aliphatic heterocycles. The van der Waals surface area contributed by atoms with E-state index in [4.69, 9.17) is 9.84 Å². The minimum Gasteiger partial charge on any atom is -0.489 e. The Morgan fingerprint density at radius 3 is 2.20 bits per heavy atom. The summed E-state index contributed by atoms with van der Waals surface area (Å²) in [6, 6.07) is 13.5. The molecule has 6 heteroatoms. The monoisotopic (exact) mass is 341 g/mol. The fourth-order valence-electron chi connectivity index (χ4n) is 1.97. The summed E-state index contributed by atoms with van der Waals surface area (Å²) in [6.45, 7) is 3.15. The number of carboxylic acids is 1. The summed E-state index contributed by atoms with van der Waals surface area (Å²) in [5.41, 5.74) is 0.459. The first kappa shape index (κ1) is 18.2. The predicted molar refractivity (Wildman–Crippen MR) is 91.8 cm³/mol. The average molecular weight is 341 g/mol. The van der Waals surface area contributed by atoms with Crippen molar-refractivity contribution in [3.8, 4) is 5.75 Å². The third-order valence-corrected chi connectivity index (χ3v) is 3.60. The Bertz CT molecular complexity index is 763. The van der Waals surface area contributed by atoms with Crippen LogP contribution in [0.5, 0.6) is 5.75 Å². The molecule has 0 aliphatic carbocycles. The van der Waals surface area contributed by atoms with Crippen molar-refractivity contribution in [3.63, 3.8) is 0 Å². The van der Waals surface area contributed by atoms with Gasteiger partial charge in [0.1, 0.15) is 24.2 Å². The summed E-state index contributed by atoms with van der Waals surface area (Å²) in [7, 11) is 0. The fourth-order valence-corrected chi connectivity index (χ4v) is 1.97. The number of carbonyl (C=O) groups is 3. The Morgan fingerprint density at radius 2 is 1.68 bits per heavy atom. The van der Waals surface area contributed by atoms with Gasteiger partial charge in [-0.1, -0.05) is 12.1 Å². The third-order valence-electron chi connectivity index (χ3n) is 3.60. The molecule has 25 heavy (non-hydrogen) atoms. The minimum absolute atomic E-state index is 0.308. The molecular weight excluding hydrogens is 322 g/mol. The van der Waals surface area contributed by atoms with Crippen molar-refractivity contribution in [2.24, 2.45) is 0 Å². The van der Waals surface area contributed by atoms with Crippen LogP contribution in [0.1, 0.15) is 40.1 Å². The van der Waals surface area contributed by atoms with Crippen LogP contribution in [-0.2, 0) is 11.4 Å². The Morgan fingerprint density at radius 1 is 1.08 bits per heavy atom. The van der Waals surface area contributed by atoms with Crippen LogP contribution in [0.4, 0.5) is 0 Å². The van der Waals surface area contributed by atoms with Gasteiger partial charge in [0.15, 0.2) is 0 Å². The molecule has 2 N–H and O–H groups in total. The van der Waals surface area contributed by atoms with E-state index in [1.165, 1.54) is 13.8 Å². The van der Waals surface area contributed by atoms with Crippen LogP contribution >= 0.6 is 0 Å². The number of nitrogens with one attached hydrogen (secondary N) is 1. The summed E-state index contributed by atoms with van der Waals surface area (Å²) in [6.07, 6.45) is 0.763. The Kier molecular flexibility index (Phi) is 5.54. The summed E-state index contributed by atoms with van der Waals surface area (Å²) >= 11 is 0. The number of benzene rings is 2. The molecule has 0 unspecified atom stereocenters. The molecule has 0 aliphatic rings. The number of carbonyl (C=O) groups excluding carboxylic acids is 2. The van der Waals surface area contributed by atoms with Crippen molar-refractivity contribution < 1.29 is 24.2 Å². The van der Waals surface area contributed by atoms with Crippen molar-refractivity contribution in [2.45, 2.75) is 26.0 Å². The molecule has 0 fully saturated rings. The third kappa shape index (κ3) is 4.91. The Labute approximate surface area is 145 Å². The van der Waals surface area contributed by atoms with Crippen LogP contribution in [0.25, 0.3) is 0 Å². The van der Waals surface area contributed by atoms with E-state index in [1.807, 2.05) is 0 Å². The van der Waals surface area contributed by atoms with E-state index >= 15 is 0 Å². The highest BCUT2D eigenvalue weighted by Crippen LogP contribution is 2.14. The second kappa shape index (κ2) is 7.61. The van der Waals surface area contributed by atoms with Gasteiger partial charge >= 0.3 is 5.97 Å². The van der Waals surface area contributed by atoms with Crippen LogP contribution in [0, 0.1) is 0 Å². The second-order valence-corrected chi connectivity index (χ2v) is 6.06. The summed E-state index contributed by atoms with van der Waals surface area (Å²) in [5, 5.41) is 11.5. The zero-order valence-corrected chi connectivity index (χ0v) is 14.0. The highest BCUT2D eigenvalue weighted by Gasteiger charge is 2.29. The van der Waals surface area contributed by atoms with Crippen molar-refractivity contribution >= 4 is 18.2 Å². The highest BCUT2D eigenvalue weighted by molar-refractivity contribution is 5.97. The number of aliphatic carboxylic acids is 1. The van der Waals surface area contributed by atoms with E-state index in [9.17, 15) is 14.4 Å². The lowest BCUT2D eigenvalue weighted by Gasteiger charge is -2.21. The Hall–Kier alpha value is -3.15. The molecule has 0 atom stereocenters. The standard InChI is InChI=1S/C19H19NO5/c1-19(2,18(23)24)20-17(22)15-7-3-14(4-8-15)12-25-16-9-5-13(11-21)6-10-16/h3-11H,12H2,1-2H3,(H,20,22)(H,23,24). The number of ether oxygens (including phenoxy) is 1. The van der Waals surface area contributed by atoms with E-state index in [0.717, 1.165) is 11.8 Å². The molecule has 130 valence electrons. The van der Waals surface area contributed by atoms with Gasteiger partial charge in [-0.05, 0) is 55.8 Å². The summed E-state index contributed by atoms with van der Waals surface area (Å²) in [5.74, 6) is -0.925. The van der Waals surface area contributed by atoms with Crippen LogP contribution in [0.3, 0.4) is 0 Å². The summed E-state index contributed by atoms with van der Waals surface area (Å²) < 4.78 is 5.61. The summed E-state index contributed by atoms with van der Waals surface area (Å²) in [4.78, 5) is 33.7. The van der Waals surface area contributed by atoms with Crippen LogP contribution < -0.4 is 10.1 Å². The number of hydrogen-bond acceptors (Lipinski definition) is 4. The first-order chi connectivity index (χ1) is 11.8. The lowest BCUT2D eigenvalue weighted by Crippen LogP contribution is -2.49. The highest BCUT2D eigenvalue weighted by atomic mass is 16.5. The maximum Gasteiger partial charge on any atom is 0.328 e. The van der Waals surface area contributed by atoms with Gasteiger partial charge in [0.05, 0.1) is 0 Å². The molecule has 1 amide bonds. The maximum atomic E-state index is 12.1. The number of amides is 1. The minimum atomic E-state index is -1.34. The van der Waals surface area contributed by atoms with Crippen LogP contribution in [0.2, 0.25) is 0 Å². The number of rotatable bonds is 7. The number of aldehydes is 1. The molecule has 2 aromatic rings. The van der Waals surface area contributed by atoms with E-state index < -0.39 is 17.4 Å². The molecule has 2 rings (SSSR count). The number of hydrogen-bond donors (Lipinski definition) is 2. The smallest absolute Gasteiger partial charge is 0.328 e. The number of carboxylic acid groups (broad SMARTS) is 1. The van der Waals surface area contributed by atoms with E-state index in [-0.39, 0.29) is 0 Å². The lowest BCUT2D eigenvalue weighted by molar-refractivity contribution is -0.143. The zero-order valence-electron chi connectivity index (χ0n) is 14.0. The normalized spacial score (nSPS) is 10.8. The molecule has 0 saturated heterocycles. The van der Waals surface area contributed by atoms with Gasteiger partial charge in [-0.3, -0.25) is 9.59 Å².